The van der Waals surface area contributed by atoms with Crippen molar-refractivity contribution in [2.24, 2.45) is 0 Å². The second-order valence-corrected chi connectivity index (χ2v) is 6.08. The quantitative estimate of drug-likeness (QED) is 0.784. The van der Waals surface area contributed by atoms with Crippen LogP contribution in [0.4, 0.5) is 5.82 Å². The summed E-state index contributed by atoms with van der Waals surface area (Å²) < 4.78 is 5.76. The number of hydrogen-bond donors (Lipinski definition) is 1. The van der Waals surface area contributed by atoms with E-state index in [0.717, 1.165) is 44.2 Å². The van der Waals surface area contributed by atoms with Crippen LogP contribution in [0.2, 0.25) is 0 Å². The lowest BCUT2D eigenvalue weighted by atomic mass is 10.1. The van der Waals surface area contributed by atoms with Crippen LogP contribution in [-0.2, 0) is 11.3 Å². The molecule has 1 aromatic heterocycles. The summed E-state index contributed by atoms with van der Waals surface area (Å²) in [6.45, 7) is 10.2. The molecule has 0 amide bonds. The van der Waals surface area contributed by atoms with Crippen LogP contribution in [0.25, 0.3) is 0 Å². The summed E-state index contributed by atoms with van der Waals surface area (Å²) in [5.41, 5.74) is 3.72. The summed E-state index contributed by atoms with van der Waals surface area (Å²) in [5, 5.41) is 3.50. The van der Waals surface area contributed by atoms with Crippen LogP contribution in [0.5, 0.6) is 0 Å². The van der Waals surface area contributed by atoms with E-state index in [1.165, 1.54) is 24.0 Å². The minimum atomic E-state index is 0.356. The van der Waals surface area contributed by atoms with Gasteiger partial charge < -0.3 is 15.0 Å². The zero-order valence-electron chi connectivity index (χ0n) is 13.9. The normalized spacial score (nSPS) is 18.2. The molecule has 1 saturated heterocycles. The number of ether oxygens (including phenoxy) is 1. The number of aromatic nitrogens is 1. The van der Waals surface area contributed by atoms with Gasteiger partial charge in [0.1, 0.15) is 5.82 Å². The molecule has 0 bridgehead atoms. The number of pyridine rings is 1. The van der Waals surface area contributed by atoms with Crippen LogP contribution in [0.15, 0.2) is 6.07 Å². The summed E-state index contributed by atoms with van der Waals surface area (Å²) in [7, 11) is 2.13. The van der Waals surface area contributed by atoms with Crippen LogP contribution in [-0.4, -0.2) is 37.8 Å². The highest BCUT2D eigenvalue weighted by atomic mass is 16.5. The Bertz CT molecular complexity index is 456. The van der Waals surface area contributed by atoms with Gasteiger partial charge in [-0.2, -0.15) is 0 Å². The van der Waals surface area contributed by atoms with E-state index >= 15 is 0 Å². The molecule has 21 heavy (non-hydrogen) atoms. The monoisotopic (exact) mass is 291 g/mol. The molecule has 2 rings (SSSR count). The molecule has 1 atom stereocenters. The average Bonchev–Trinajstić information content (AvgIpc) is 2.93. The van der Waals surface area contributed by atoms with Crippen LogP contribution >= 0.6 is 0 Å². The molecule has 0 aromatic carbocycles. The Morgan fingerprint density at radius 3 is 2.90 bits per heavy atom. The minimum absolute atomic E-state index is 0.356. The molecule has 4 nitrogen and oxygen atoms in total. The van der Waals surface area contributed by atoms with Crippen molar-refractivity contribution in [3.05, 3.63) is 22.9 Å². The van der Waals surface area contributed by atoms with E-state index in [1.54, 1.807) is 0 Å². The minimum Gasteiger partial charge on any atom is -0.376 e. The zero-order chi connectivity index (χ0) is 15.2. The third kappa shape index (κ3) is 4.42. The second kappa shape index (κ2) is 7.76. The van der Waals surface area contributed by atoms with Gasteiger partial charge in [0.05, 0.1) is 6.10 Å². The van der Waals surface area contributed by atoms with Crippen LogP contribution < -0.4 is 10.2 Å². The van der Waals surface area contributed by atoms with Gasteiger partial charge in [-0.15, -0.1) is 0 Å². The van der Waals surface area contributed by atoms with Crippen LogP contribution in [0.1, 0.15) is 43.0 Å². The van der Waals surface area contributed by atoms with Gasteiger partial charge in [-0.25, -0.2) is 4.98 Å². The molecule has 1 aliphatic heterocycles. The first kappa shape index (κ1) is 16.2. The van der Waals surface area contributed by atoms with Crippen molar-refractivity contribution >= 4 is 5.82 Å². The van der Waals surface area contributed by atoms with Gasteiger partial charge in [-0.3, -0.25) is 0 Å². The number of nitrogens with zero attached hydrogens (tertiary/aromatic N) is 2. The predicted octanol–water partition coefficient (Wildman–Crippen LogP) is 2.81. The molecule has 4 heteroatoms. The molecule has 1 fully saturated rings. The topological polar surface area (TPSA) is 37.4 Å². The predicted molar refractivity (Wildman–Crippen MR) is 88.0 cm³/mol. The molecule has 1 aromatic rings. The molecule has 118 valence electrons. The van der Waals surface area contributed by atoms with E-state index in [-0.39, 0.29) is 0 Å². The van der Waals surface area contributed by atoms with Crippen molar-refractivity contribution in [3.8, 4) is 0 Å². The fourth-order valence-electron chi connectivity index (χ4n) is 2.95. The van der Waals surface area contributed by atoms with Crippen molar-refractivity contribution in [1.29, 1.82) is 0 Å². The fourth-order valence-corrected chi connectivity index (χ4v) is 2.95. The fraction of sp³-hybridized carbons (Fsp3) is 0.706. The maximum absolute atomic E-state index is 5.76. The lowest BCUT2D eigenvalue weighted by Crippen LogP contribution is -2.31. The van der Waals surface area contributed by atoms with Crippen LogP contribution in [0, 0.1) is 13.8 Å². The number of nitrogens with one attached hydrogen (secondary N) is 1. The van der Waals surface area contributed by atoms with E-state index in [4.69, 9.17) is 9.72 Å². The standard InChI is InChI=1S/C17H29N3O/c1-5-8-18-11-16-13(2)10-14(3)19-17(16)20(4)12-15-7-6-9-21-15/h10,15,18H,5-9,11-12H2,1-4H3. The largest absolute Gasteiger partial charge is 0.376 e. The van der Waals surface area contributed by atoms with E-state index in [0.29, 0.717) is 6.10 Å². The lowest BCUT2D eigenvalue weighted by Gasteiger charge is -2.25. The highest BCUT2D eigenvalue weighted by Crippen LogP contribution is 2.23. The van der Waals surface area contributed by atoms with Crippen molar-refractivity contribution in [2.45, 2.75) is 52.7 Å². The highest BCUT2D eigenvalue weighted by molar-refractivity contribution is 5.51. The molecule has 2 heterocycles. The van der Waals surface area contributed by atoms with Crippen molar-refractivity contribution in [3.63, 3.8) is 0 Å². The van der Waals surface area contributed by atoms with Crippen molar-refractivity contribution in [2.75, 3.05) is 31.6 Å². The summed E-state index contributed by atoms with van der Waals surface area (Å²) in [5.74, 6) is 1.10. The Balaban J connectivity index is 2.14. The lowest BCUT2D eigenvalue weighted by molar-refractivity contribution is 0.116. The summed E-state index contributed by atoms with van der Waals surface area (Å²) >= 11 is 0. The summed E-state index contributed by atoms with van der Waals surface area (Å²) in [4.78, 5) is 7.05. The number of likely N-dealkylation sites (N-methyl/N-ethyl adjacent to an activating group) is 1. The van der Waals surface area contributed by atoms with E-state index < -0.39 is 0 Å². The molecular formula is C17H29N3O. The van der Waals surface area contributed by atoms with Crippen molar-refractivity contribution < 1.29 is 4.74 Å². The van der Waals surface area contributed by atoms with Gasteiger partial charge in [0, 0.05) is 38.0 Å². The molecule has 0 saturated carbocycles. The van der Waals surface area contributed by atoms with Gasteiger partial charge >= 0.3 is 0 Å². The van der Waals surface area contributed by atoms with Gasteiger partial charge in [0.25, 0.3) is 0 Å². The van der Waals surface area contributed by atoms with E-state index in [1.807, 2.05) is 0 Å². The molecule has 1 unspecified atom stereocenters. The first-order valence-corrected chi connectivity index (χ1v) is 8.12. The van der Waals surface area contributed by atoms with Crippen molar-refractivity contribution in [1.82, 2.24) is 10.3 Å². The van der Waals surface area contributed by atoms with Gasteiger partial charge in [-0.1, -0.05) is 6.92 Å². The Kier molecular flexibility index (Phi) is 6.00. The molecule has 1 N–H and O–H groups in total. The molecule has 1 aliphatic rings. The summed E-state index contributed by atoms with van der Waals surface area (Å²) in [6, 6.07) is 2.17. The molecule has 0 spiro atoms. The third-order valence-corrected chi connectivity index (χ3v) is 4.05. The number of aryl methyl sites for hydroxylation is 2. The SMILES string of the molecule is CCCNCc1c(C)cc(C)nc1N(C)CC1CCCO1. The Hall–Kier alpha value is -1.13. The van der Waals surface area contributed by atoms with Crippen LogP contribution in [0.3, 0.4) is 0 Å². The Morgan fingerprint density at radius 1 is 1.43 bits per heavy atom. The van der Waals surface area contributed by atoms with E-state index in [2.05, 4.69) is 44.1 Å². The zero-order valence-corrected chi connectivity index (χ0v) is 13.9. The first-order valence-electron chi connectivity index (χ1n) is 8.12. The van der Waals surface area contributed by atoms with Gasteiger partial charge in [0.15, 0.2) is 0 Å². The second-order valence-electron chi connectivity index (χ2n) is 6.08. The number of hydrogen-bond acceptors (Lipinski definition) is 4. The molecule has 0 radical (unpaired) electrons. The molecular weight excluding hydrogens is 262 g/mol. The number of anilines is 1. The van der Waals surface area contributed by atoms with Gasteiger partial charge in [-0.05, 0) is 51.3 Å². The number of rotatable bonds is 7. The maximum Gasteiger partial charge on any atom is 0.133 e. The van der Waals surface area contributed by atoms with E-state index in [9.17, 15) is 0 Å². The van der Waals surface area contributed by atoms with Gasteiger partial charge in [0.2, 0.25) is 0 Å². The Morgan fingerprint density at radius 2 is 2.24 bits per heavy atom. The highest BCUT2D eigenvalue weighted by Gasteiger charge is 2.20. The third-order valence-electron chi connectivity index (χ3n) is 4.05. The average molecular weight is 291 g/mol. The Labute approximate surface area is 128 Å². The summed E-state index contributed by atoms with van der Waals surface area (Å²) in [6.07, 6.45) is 3.86. The smallest absolute Gasteiger partial charge is 0.133 e. The molecule has 0 aliphatic carbocycles. The maximum atomic E-state index is 5.76. The first-order chi connectivity index (χ1) is 10.1.